The molecule has 0 spiro atoms. The highest BCUT2D eigenvalue weighted by Gasteiger charge is 2.20. The first-order chi connectivity index (χ1) is 9.34. The smallest absolute Gasteiger partial charge is 0.146 e. The molecule has 0 saturated carbocycles. The van der Waals surface area contributed by atoms with Crippen LogP contribution in [-0.2, 0) is 12.5 Å². The van der Waals surface area contributed by atoms with Crippen molar-refractivity contribution in [2.75, 3.05) is 5.32 Å². The van der Waals surface area contributed by atoms with Crippen LogP contribution in [0.4, 0.5) is 11.5 Å². The molecule has 0 bridgehead atoms. The fourth-order valence-corrected chi connectivity index (χ4v) is 2.31. The summed E-state index contributed by atoms with van der Waals surface area (Å²) in [6.45, 7) is 8.37. The Morgan fingerprint density at radius 1 is 1.25 bits per heavy atom. The minimum atomic E-state index is 0.0318. The fourth-order valence-electron chi connectivity index (χ4n) is 2.31. The van der Waals surface area contributed by atoms with Gasteiger partial charge in [-0.3, -0.25) is 4.68 Å². The molecule has 1 heterocycles. The standard InChI is InChI=1S/C16H20N4/c1-11-12(10-17)15(20(5)19-11)18-14-9-7-6-8-13(14)16(2,3)4/h6-9,18H,1-5H3. The van der Waals surface area contributed by atoms with Crippen LogP contribution in [0.1, 0.15) is 37.6 Å². The summed E-state index contributed by atoms with van der Waals surface area (Å²) < 4.78 is 1.72. The van der Waals surface area contributed by atoms with Crippen LogP contribution in [0, 0.1) is 18.3 Å². The van der Waals surface area contributed by atoms with Gasteiger partial charge >= 0.3 is 0 Å². The van der Waals surface area contributed by atoms with Crippen molar-refractivity contribution in [1.29, 1.82) is 5.26 Å². The molecule has 0 amide bonds. The third-order valence-corrected chi connectivity index (χ3v) is 3.32. The lowest BCUT2D eigenvalue weighted by Gasteiger charge is -2.23. The van der Waals surface area contributed by atoms with E-state index < -0.39 is 0 Å². The van der Waals surface area contributed by atoms with Crippen LogP contribution in [0.3, 0.4) is 0 Å². The molecular formula is C16H20N4. The van der Waals surface area contributed by atoms with Gasteiger partial charge in [0.1, 0.15) is 17.5 Å². The quantitative estimate of drug-likeness (QED) is 0.904. The van der Waals surface area contributed by atoms with Gasteiger partial charge in [-0.25, -0.2) is 0 Å². The van der Waals surface area contributed by atoms with E-state index in [1.165, 1.54) is 5.56 Å². The molecule has 104 valence electrons. The number of hydrogen-bond donors (Lipinski definition) is 1. The number of nitrogens with zero attached hydrogens (tertiary/aromatic N) is 3. The second-order valence-corrected chi connectivity index (χ2v) is 5.97. The highest BCUT2D eigenvalue weighted by molar-refractivity contribution is 5.67. The van der Waals surface area contributed by atoms with Crippen LogP contribution in [0.15, 0.2) is 24.3 Å². The molecule has 4 nitrogen and oxygen atoms in total. The molecule has 1 N–H and O–H groups in total. The number of rotatable bonds is 2. The Morgan fingerprint density at radius 3 is 2.50 bits per heavy atom. The fraction of sp³-hybridized carbons (Fsp3) is 0.375. The summed E-state index contributed by atoms with van der Waals surface area (Å²) >= 11 is 0. The average Bonchev–Trinajstić information content (AvgIpc) is 2.63. The van der Waals surface area contributed by atoms with Gasteiger partial charge in [-0.15, -0.1) is 0 Å². The van der Waals surface area contributed by atoms with Gasteiger partial charge in [0.25, 0.3) is 0 Å². The van der Waals surface area contributed by atoms with Gasteiger partial charge in [-0.1, -0.05) is 39.0 Å². The topological polar surface area (TPSA) is 53.6 Å². The van der Waals surface area contributed by atoms with Gasteiger partial charge in [0, 0.05) is 12.7 Å². The molecule has 0 aliphatic heterocycles. The van der Waals surface area contributed by atoms with Crippen LogP contribution in [-0.4, -0.2) is 9.78 Å². The van der Waals surface area contributed by atoms with Gasteiger partial charge in [-0.2, -0.15) is 10.4 Å². The van der Waals surface area contributed by atoms with Crippen molar-refractivity contribution in [1.82, 2.24) is 9.78 Å². The molecule has 4 heteroatoms. The number of aromatic nitrogens is 2. The van der Waals surface area contributed by atoms with Crippen molar-refractivity contribution in [2.45, 2.75) is 33.1 Å². The lowest BCUT2D eigenvalue weighted by Crippen LogP contribution is -2.14. The van der Waals surface area contributed by atoms with Crippen molar-refractivity contribution in [3.8, 4) is 6.07 Å². The Kier molecular flexibility index (Phi) is 3.54. The van der Waals surface area contributed by atoms with Crippen LogP contribution >= 0.6 is 0 Å². The Morgan fingerprint density at radius 2 is 1.90 bits per heavy atom. The number of nitriles is 1. The lowest BCUT2D eigenvalue weighted by atomic mass is 9.86. The summed E-state index contributed by atoms with van der Waals surface area (Å²) in [6.07, 6.45) is 0. The van der Waals surface area contributed by atoms with E-state index in [1.807, 2.05) is 32.2 Å². The first kappa shape index (κ1) is 14.1. The number of anilines is 2. The Hall–Kier alpha value is -2.28. The number of benzene rings is 1. The van der Waals surface area contributed by atoms with Gasteiger partial charge in [0.05, 0.1) is 5.69 Å². The minimum absolute atomic E-state index is 0.0318. The maximum atomic E-state index is 9.28. The first-order valence-corrected chi connectivity index (χ1v) is 6.65. The van der Waals surface area contributed by atoms with E-state index in [0.717, 1.165) is 17.2 Å². The molecule has 0 aliphatic rings. The molecule has 2 aromatic rings. The zero-order chi connectivity index (χ0) is 14.9. The van der Waals surface area contributed by atoms with Gasteiger partial charge < -0.3 is 5.32 Å². The largest absolute Gasteiger partial charge is 0.339 e. The molecule has 1 aromatic carbocycles. The van der Waals surface area contributed by atoms with E-state index in [2.05, 4.69) is 43.3 Å². The molecule has 1 aromatic heterocycles. The van der Waals surface area contributed by atoms with E-state index in [-0.39, 0.29) is 5.41 Å². The number of nitrogens with one attached hydrogen (secondary N) is 1. The minimum Gasteiger partial charge on any atom is -0.339 e. The van der Waals surface area contributed by atoms with E-state index in [9.17, 15) is 5.26 Å². The van der Waals surface area contributed by atoms with E-state index >= 15 is 0 Å². The highest BCUT2D eigenvalue weighted by Crippen LogP contribution is 2.32. The normalized spacial score (nSPS) is 11.2. The molecule has 20 heavy (non-hydrogen) atoms. The molecular weight excluding hydrogens is 248 g/mol. The average molecular weight is 268 g/mol. The summed E-state index contributed by atoms with van der Waals surface area (Å²) in [5.74, 6) is 0.738. The number of aryl methyl sites for hydroxylation is 2. The molecule has 0 atom stereocenters. The van der Waals surface area contributed by atoms with Crippen molar-refractivity contribution in [3.63, 3.8) is 0 Å². The maximum Gasteiger partial charge on any atom is 0.146 e. The summed E-state index contributed by atoms with van der Waals surface area (Å²) in [6, 6.07) is 10.4. The van der Waals surface area contributed by atoms with Crippen molar-refractivity contribution >= 4 is 11.5 Å². The SMILES string of the molecule is Cc1nn(C)c(Nc2ccccc2C(C)(C)C)c1C#N. The van der Waals surface area contributed by atoms with Gasteiger partial charge in [-0.05, 0) is 24.0 Å². The third kappa shape index (κ3) is 2.53. The second kappa shape index (κ2) is 5.01. The third-order valence-electron chi connectivity index (χ3n) is 3.32. The van der Waals surface area contributed by atoms with Gasteiger partial charge in [0.2, 0.25) is 0 Å². The van der Waals surface area contributed by atoms with E-state index in [1.54, 1.807) is 4.68 Å². The molecule has 0 unspecified atom stereocenters. The first-order valence-electron chi connectivity index (χ1n) is 6.65. The number of hydrogen-bond acceptors (Lipinski definition) is 3. The summed E-state index contributed by atoms with van der Waals surface area (Å²) in [4.78, 5) is 0. The van der Waals surface area contributed by atoms with Gasteiger partial charge in [0.15, 0.2) is 0 Å². The maximum absolute atomic E-state index is 9.28. The van der Waals surface area contributed by atoms with Crippen LogP contribution in [0.2, 0.25) is 0 Å². The zero-order valence-electron chi connectivity index (χ0n) is 12.7. The van der Waals surface area contributed by atoms with Crippen LogP contribution in [0.25, 0.3) is 0 Å². The Balaban J connectivity index is 2.50. The highest BCUT2D eigenvalue weighted by atomic mass is 15.3. The van der Waals surface area contributed by atoms with Crippen LogP contribution < -0.4 is 5.32 Å². The number of para-hydroxylation sites is 1. The van der Waals surface area contributed by atoms with E-state index in [4.69, 9.17) is 0 Å². The molecule has 0 aliphatic carbocycles. The monoisotopic (exact) mass is 268 g/mol. The Labute approximate surface area is 120 Å². The van der Waals surface area contributed by atoms with Crippen molar-refractivity contribution in [3.05, 3.63) is 41.1 Å². The predicted molar refractivity (Wildman–Crippen MR) is 81.1 cm³/mol. The van der Waals surface area contributed by atoms with Crippen LogP contribution in [0.5, 0.6) is 0 Å². The molecule has 0 radical (unpaired) electrons. The van der Waals surface area contributed by atoms with E-state index in [0.29, 0.717) is 5.56 Å². The Bertz CT molecular complexity index is 669. The summed E-state index contributed by atoms with van der Waals surface area (Å²) in [7, 11) is 1.84. The zero-order valence-corrected chi connectivity index (χ0v) is 12.7. The van der Waals surface area contributed by atoms with Crippen molar-refractivity contribution < 1.29 is 0 Å². The molecule has 0 saturated heterocycles. The summed E-state index contributed by atoms with van der Waals surface area (Å²) in [5.41, 5.74) is 3.59. The lowest BCUT2D eigenvalue weighted by molar-refractivity contribution is 0.592. The molecule has 0 fully saturated rings. The summed E-state index contributed by atoms with van der Waals surface area (Å²) in [5, 5.41) is 16.9. The van der Waals surface area contributed by atoms with Crippen molar-refractivity contribution in [2.24, 2.45) is 7.05 Å². The second-order valence-electron chi connectivity index (χ2n) is 5.97. The predicted octanol–water partition coefficient (Wildman–Crippen LogP) is 3.64. The molecule has 2 rings (SSSR count).